The number of rotatable bonds is 5. The summed E-state index contributed by atoms with van der Waals surface area (Å²) < 4.78 is 5.79. The van der Waals surface area contributed by atoms with E-state index in [9.17, 15) is 0 Å². The number of aromatic nitrogens is 1. The molecule has 0 atom stereocenters. The van der Waals surface area contributed by atoms with Gasteiger partial charge in [-0.2, -0.15) is 0 Å². The maximum absolute atomic E-state index is 5.79. The van der Waals surface area contributed by atoms with Crippen molar-refractivity contribution in [3.8, 4) is 0 Å². The summed E-state index contributed by atoms with van der Waals surface area (Å²) in [5, 5.41) is 0. The van der Waals surface area contributed by atoms with Gasteiger partial charge in [-0.1, -0.05) is 12.8 Å². The first kappa shape index (κ1) is 11.3. The monoisotopic (exact) mass is 234 g/mol. The zero-order chi connectivity index (χ0) is 11.7. The third-order valence-corrected chi connectivity index (χ3v) is 3.97. The minimum absolute atomic E-state index is 0.629. The van der Waals surface area contributed by atoms with E-state index in [0.717, 1.165) is 24.1 Å². The molecule has 3 rings (SSSR count). The smallest absolute Gasteiger partial charge is 0.197 e. The fraction of sp³-hybridized carbons (Fsp3) is 0.786. The summed E-state index contributed by atoms with van der Waals surface area (Å²) in [6.07, 6.45) is 10.1. The van der Waals surface area contributed by atoms with Gasteiger partial charge in [0.2, 0.25) is 0 Å². The van der Waals surface area contributed by atoms with E-state index in [-0.39, 0.29) is 0 Å². The van der Waals surface area contributed by atoms with E-state index in [1.54, 1.807) is 0 Å². The second-order valence-electron chi connectivity index (χ2n) is 5.79. The van der Waals surface area contributed by atoms with Crippen LogP contribution in [0, 0.1) is 5.92 Å². The molecule has 2 fully saturated rings. The zero-order valence-electron chi connectivity index (χ0n) is 10.7. The molecule has 0 spiro atoms. The Morgan fingerprint density at radius 3 is 2.76 bits per heavy atom. The van der Waals surface area contributed by atoms with Gasteiger partial charge in [0.05, 0.1) is 12.7 Å². The molecule has 0 radical (unpaired) electrons. The van der Waals surface area contributed by atoms with Gasteiger partial charge in [-0.25, -0.2) is 4.98 Å². The van der Waals surface area contributed by atoms with Crippen molar-refractivity contribution in [1.29, 1.82) is 0 Å². The molecule has 2 saturated carbocycles. The van der Waals surface area contributed by atoms with Crippen LogP contribution in [0.15, 0.2) is 10.6 Å². The lowest BCUT2D eigenvalue weighted by Crippen LogP contribution is -2.23. The molecule has 2 aliphatic rings. The SMILES string of the molecule is CN(Cc1cnc(C2CC2)o1)CC1CCCC1. The van der Waals surface area contributed by atoms with Crippen molar-refractivity contribution in [3.63, 3.8) is 0 Å². The van der Waals surface area contributed by atoms with Gasteiger partial charge in [0.25, 0.3) is 0 Å². The van der Waals surface area contributed by atoms with Crippen LogP contribution in [0.2, 0.25) is 0 Å². The fourth-order valence-electron chi connectivity index (χ4n) is 2.88. The molecule has 17 heavy (non-hydrogen) atoms. The van der Waals surface area contributed by atoms with E-state index in [4.69, 9.17) is 4.42 Å². The van der Waals surface area contributed by atoms with Gasteiger partial charge < -0.3 is 4.42 Å². The molecule has 3 heteroatoms. The Kier molecular flexibility index (Phi) is 3.19. The largest absolute Gasteiger partial charge is 0.444 e. The first-order chi connectivity index (χ1) is 8.31. The molecule has 2 aliphatic carbocycles. The minimum Gasteiger partial charge on any atom is -0.444 e. The van der Waals surface area contributed by atoms with Crippen molar-refractivity contribution >= 4 is 0 Å². The van der Waals surface area contributed by atoms with Gasteiger partial charge in [0.1, 0.15) is 5.76 Å². The van der Waals surface area contributed by atoms with E-state index < -0.39 is 0 Å². The van der Waals surface area contributed by atoms with E-state index in [0.29, 0.717) is 5.92 Å². The highest BCUT2D eigenvalue weighted by molar-refractivity contribution is 5.04. The quantitative estimate of drug-likeness (QED) is 0.783. The highest BCUT2D eigenvalue weighted by atomic mass is 16.4. The topological polar surface area (TPSA) is 29.3 Å². The molecule has 1 heterocycles. The van der Waals surface area contributed by atoms with Gasteiger partial charge in [0, 0.05) is 12.5 Å². The molecule has 0 aliphatic heterocycles. The predicted octanol–water partition coefficient (Wildman–Crippen LogP) is 3.17. The standard InChI is InChI=1S/C14H22N2O/c1-16(9-11-4-2-3-5-11)10-13-8-15-14(17-13)12-6-7-12/h8,11-12H,2-7,9-10H2,1H3. The van der Waals surface area contributed by atoms with Crippen LogP contribution in [-0.2, 0) is 6.54 Å². The Labute approximate surface area is 103 Å². The third kappa shape index (κ3) is 2.89. The summed E-state index contributed by atoms with van der Waals surface area (Å²) in [6.45, 7) is 2.12. The maximum atomic E-state index is 5.79. The van der Waals surface area contributed by atoms with Crippen molar-refractivity contribution in [3.05, 3.63) is 17.8 Å². The lowest BCUT2D eigenvalue weighted by atomic mass is 10.1. The Balaban J connectivity index is 1.50. The van der Waals surface area contributed by atoms with Crippen LogP contribution in [-0.4, -0.2) is 23.5 Å². The van der Waals surface area contributed by atoms with E-state index in [1.165, 1.54) is 45.1 Å². The Morgan fingerprint density at radius 2 is 2.06 bits per heavy atom. The average molecular weight is 234 g/mol. The van der Waals surface area contributed by atoms with E-state index in [1.807, 2.05) is 6.20 Å². The van der Waals surface area contributed by atoms with Crippen molar-refractivity contribution in [2.45, 2.75) is 51.0 Å². The molecule has 1 aromatic heterocycles. The summed E-state index contributed by atoms with van der Waals surface area (Å²) in [6, 6.07) is 0. The van der Waals surface area contributed by atoms with Crippen LogP contribution < -0.4 is 0 Å². The summed E-state index contributed by atoms with van der Waals surface area (Å²) >= 11 is 0. The first-order valence-corrected chi connectivity index (χ1v) is 6.94. The van der Waals surface area contributed by atoms with Gasteiger partial charge in [0.15, 0.2) is 5.89 Å². The number of oxazole rings is 1. The molecule has 3 nitrogen and oxygen atoms in total. The van der Waals surface area contributed by atoms with Gasteiger partial charge in [-0.15, -0.1) is 0 Å². The molecule has 0 amide bonds. The van der Waals surface area contributed by atoms with Crippen molar-refractivity contribution in [2.24, 2.45) is 5.92 Å². The number of hydrogen-bond donors (Lipinski definition) is 0. The first-order valence-electron chi connectivity index (χ1n) is 6.94. The number of hydrogen-bond acceptors (Lipinski definition) is 3. The van der Waals surface area contributed by atoms with Crippen LogP contribution >= 0.6 is 0 Å². The molecule has 0 saturated heterocycles. The molecule has 0 aromatic carbocycles. The van der Waals surface area contributed by atoms with Crippen LogP contribution in [0.3, 0.4) is 0 Å². The Morgan fingerprint density at radius 1 is 1.29 bits per heavy atom. The normalized spacial score (nSPS) is 21.5. The molecular formula is C14H22N2O. The predicted molar refractivity (Wildman–Crippen MR) is 66.8 cm³/mol. The maximum Gasteiger partial charge on any atom is 0.197 e. The van der Waals surface area contributed by atoms with Gasteiger partial charge in [-0.05, 0) is 38.6 Å². The Bertz CT molecular complexity index is 364. The van der Waals surface area contributed by atoms with Crippen LogP contribution in [0.1, 0.15) is 56.1 Å². The summed E-state index contributed by atoms with van der Waals surface area (Å²) in [7, 11) is 2.19. The highest BCUT2D eigenvalue weighted by Gasteiger charge is 2.28. The van der Waals surface area contributed by atoms with E-state index in [2.05, 4.69) is 16.9 Å². The van der Waals surface area contributed by atoms with Crippen LogP contribution in [0.4, 0.5) is 0 Å². The van der Waals surface area contributed by atoms with Crippen LogP contribution in [0.25, 0.3) is 0 Å². The molecule has 0 bridgehead atoms. The lowest BCUT2D eigenvalue weighted by molar-refractivity contribution is 0.248. The molecule has 1 aromatic rings. The second-order valence-corrected chi connectivity index (χ2v) is 5.79. The third-order valence-electron chi connectivity index (χ3n) is 3.97. The molecule has 0 unspecified atom stereocenters. The van der Waals surface area contributed by atoms with Crippen molar-refractivity contribution < 1.29 is 4.42 Å². The molecule has 94 valence electrons. The van der Waals surface area contributed by atoms with Crippen LogP contribution in [0.5, 0.6) is 0 Å². The molecule has 0 N–H and O–H groups in total. The van der Waals surface area contributed by atoms with E-state index >= 15 is 0 Å². The summed E-state index contributed by atoms with van der Waals surface area (Å²) in [5.41, 5.74) is 0. The number of nitrogens with zero attached hydrogens (tertiary/aromatic N) is 2. The zero-order valence-corrected chi connectivity index (χ0v) is 10.7. The van der Waals surface area contributed by atoms with Crippen molar-refractivity contribution in [2.75, 3.05) is 13.6 Å². The van der Waals surface area contributed by atoms with Gasteiger partial charge >= 0.3 is 0 Å². The minimum atomic E-state index is 0.629. The highest BCUT2D eigenvalue weighted by Crippen LogP contribution is 2.39. The van der Waals surface area contributed by atoms with Crippen molar-refractivity contribution in [1.82, 2.24) is 9.88 Å². The lowest BCUT2D eigenvalue weighted by Gasteiger charge is -2.19. The summed E-state index contributed by atoms with van der Waals surface area (Å²) in [5.74, 6) is 3.54. The average Bonchev–Trinajstić information content (AvgIpc) is 2.84. The Hall–Kier alpha value is -0.830. The summed E-state index contributed by atoms with van der Waals surface area (Å²) in [4.78, 5) is 6.75. The van der Waals surface area contributed by atoms with Gasteiger partial charge in [-0.3, -0.25) is 4.90 Å². The second kappa shape index (κ2) is 4.81. The fourth-order valence-corrected chi connectivity index (χ4v) is 2.88. The molecular weight excluding hydrogens is 212 g/mol.